The van der Waals surface area contributed by atoms with Crippen LogP contribution in [0.4, 0.5) is 5.69 Å². The third kappa shape index (κ3) is 2.44. The van der Waals surface area contributed by atoms with Crippen molar-refractivity contribution >= 4 is 17.0 Å². The topological polar surface area (TPSA) is 42.7 Å². The van der Waals surface area contributed by atoms with Gasteiger partial charge in [-0.3, -0.25) is 0 Å². The van der Waals surface area contributed by atoms with Crippen LogP contribution in [0, 0.1) is 6.92 Å². The number of aromatic nitrogens is 3. The number of hydrogen-bond donors (Lipinski definition) is 1. The summed E-state index contributed by atoms with van der Waals surface area (Å²) in [6.45, 7) is 4.32. The Hall–Kier alpha value is -2.14. The van der Waals surface area contributed by atoms with E-state index in [4.69, 9.17) is 0 Å². The zero-order valence-corrected chi connectivity index (χ0v) is 12.3. The van der Waals surface area contributed by atoms with E-state index in [2.05, 4.69) is 46.8 Å². The summed E-state index contributed by atoms with van der Waals surface area (Å²) < 4.78 is 1.77. The summed E-state index contributed by atoms with van der Waals surface area (Å²) in [5.41, 5.74) is 3.39. The van der Waals surface area contributed by atoms with Crippen LogP contribution in [0.3, 0.4) is 0 Å². The Morgan fingerprint density at radius 1 is 1.25 bits per heavy atom. The van der Waals surface area contributed by atoms with Gasteiger partial charge in [0.2, 0.25) is 0 Å². The summed E-state index contributed by atoms with van der Waals surface area (Å²) in [7, 11) is 0. The number of rotatable bonds is 4. The molecule has 20 heavy (non-hydrogen) atoms. The van der Waals surface area contributed by atoms with Gasteiger partial charge in [0.1, 0.15) is 12.7 Å². The van der Waals surface area contributed by atoms with Gasteiger partial charge in [-0.25, -0.2) is 9.67 Å². The molecule has 0 saturated heterocycles. The second-order valence-electron chi connectivity index (χ2n) is 4.69. The van der Waals surface area contributed by atoms with Crippen LogP contribution in [-0.2, 0) is 0 Å². The second kappa shape index (κ2) is 5.46. The fraction of sp³-hybridized carbons (Fsp3) is 0.200. The SMILES string of the molecule is Cc1ccsc1C(C)Nc1ccccc1-n1cncn1. The third-order valence-corrected chi connectivity index (χ3v) is 4.44. The molecule has 1 aromatic carbocycles. The highest BCUT2D eigenvalue weighted by atomic mass is 32.1. The first-order valence-electron chi connectivity index (χ1n) is 6.50. The summed E-state index contributed by atoms with van der Waals surface area (Å²) in [6.07, 6.45) is 3.26. The molecule has 0 aliphatic carbocycles. The lowest BCUT2D eigenvalue weighted by Gasteiger charge is -2.17. The van der Waals surface area contributed by atoms with E-state index in [1.807, 2.05) is 18.2 Å². The summed E-state index contributed by atoms with van der Waals surface area (Å²) in [5.74, 6) is 0. The Morgan fingerprint density at radius 2 is 2.10 bits per heavy atom. The van der Waals surface area contributed by atoms with Crippen LogP contribution in [0.5, 0.6) is 0 Å². The van der Waals surface area contributed by atoms with Crippen molar-refractivity contribution < 1.29 is 0 Å². The molecule has 4 nitrogen and oxygen atoms in total. The number of para-hydroxylation sites is 2. The first-order chi connectivity index (χ1) is 9.75. The van der Waals surface area contributed by atoms with E-state index in [0.717, 1.165) is 11.4 Å². The average Bonchev–Trinajstić information content (AvgIpc) is 3.10. The first kappa shape index (κ1) is 12.9. The standard InChI is InChI=1S/C15H16N4S/c1-11-7-8-20-15(11)12(2)18-13-5-3-4-6-14(13)19-10-16-9-17-19/h3-10,12,18H,1-2H3. The van der Waals surface area contributed by atoms with Crippen LogP contribution >= 0.6 is 11.3 Å². The molecule has 0 aliphatic heterocycles. The summed E-state index contributed by atoms with van der Waals surface area (Å²) >= 11 is 1.78. The molecule has 0 bridgehead atoms. The van der Waals surface area contributed by atoms with Crippen molar-refractivity contribution in [1.82, 2.24) is 14.8 Å². The van der Waals surface area contributed by atoms with E-state index in [1.54, 1.807) is 28.7 Å². The quantitative estimate of drug-likeness (QED) is 0.792. The Morgan fingerprint density at radius 3 is 2.80 bits per heavy atom. The van der Waals surface area contributed by atoms with E-state index in [-0.39, 0.29) is 6.04 Å². The fourth-order valence-electron chi connectivity index (χ4n) is 2.25. The van der Waals surface area contributed by atoms with Crippen molar-refractivity contribution in [2.45, 2.75) is 19.9 Å². The van der Waals surface area contributed by atoms with Crippen molar-refractivity contribution in [3.8, 4) is 5.69 Å². The van der Waals surface area contributed by atoms with Crippen LogP contribution in [0.25, 0.3) is 5.69 Å². The average molecular weight is 284 g/mol. The second-order valence-corrected chi connectivity index (χ2v) is 5.64. The van der Waals surface area contributed by atoms with Crippen molar-refractivity contribution in [2.24, 2.45) is 0 Å². The molecule has 1 atom stereocenters. The molecule has 0 radical (unpaired) electrons. The number of hydrogen-bond acceptors (Lipinski definition) is 4. The van der Waals surface area contributed by atoms with Crippen molar-refractivity contribution in [2.75, 3.05) is 5.32 Å². The van der Waals surface area contributed by atoms with Crippen LogP contribution < -0.4 is 5.32 Å². The Kier molecular flexibility index (Phi) is 3.52. The Labute approximate surface area is 122 Å². The maximum atomic E-state index is 4.20. The van der Waals surface area contributed by atoms with Crippen molar-refractivity contribution in [1.29, 1.82) is 0 Å². The number of nitrogens with zero attached hydrogens (tertiary/aromatic N) is 3. The summed E-state index contributed by atoms with van der Waals surface area (Å²) in [4.78, 5) is 5.37. The van der Waals surface area contributed by atoms with E-state index >= 15 is 0 Å². The van der Waals surface area contributed by atoms with Crippen LogP contribution in [-0.4, -0.2) is 14.8 Å². The number of thiophene rings is 1. The number of aryl methyl sites for hydroxylation is 1. The lowest BCUT2D eigenvalue weighted by atomic mass is 10.1. The molecule has 2 heterocycles. The number of anilines is 1. The molecule has 3 rings (SSSR count). The van der Waals surface area contributed by atoms with E-state index < -0.39 is 0 Å². The lowest BCUT2D eigenvalue weighted by molar-refractivity contribution is 0.858. The van der Waals surface area contributed by atoms with E-state index in [9.17, 15) is 0 Å². The van der Waals surface area contributed by atoms with Gasteiger partial charge in [-0.1, -0.05) is 12.1 Å². The normalized spacial score (nSPS) is 12.3. The minimum atomic E-state index is 0.264. The predicted octanol–water partition coefficient (Wildman–Crippen LogP) is 3.81. The molecule has 3 aromatic rings. The highest BCUT2D eigenvalue weighted by molar-refractivity contribution is 7.10. The molecular formula is C15H16N4S. The molecule has 1 N–H and O–H groups in total. The van der Waals surface area contributed by atoms with Crippen LogP contribution in [0.1, 0.15) is 23.4 Å². The molecule has 2 aromatic heterocycles. The van der Waals surface area contributed by atoms with Crippen LogP contribution in [0.15, 0.2) is 48.4 Å². The van der Waals surface area contributed by atoms with Gasteiger partial charge >= 0.3 is 0 Å². The fourth-order valence-corrected chi connectivity index (χ4v) is 3.19. The third-order valence-electron chi connectivity index (χ3n) is 3.24. The predicted molar refractivity (Wildman–Crippen MR) is 82.5 cm³/mol. The molecule has 102 valence electrons. The maximum Gasteiger partial charge on any atom is 0.138 e. The molecule has 0 amide bonds. The summed E-state index contributed by atoms with van der Waals surface area (Å²) in [5, 5.41) is 9.90. The zero-order valence-electron chi connectivity index (χ0n) is 11.4. The van der Waals surface area contributed by atoms with Crippen LogP contribution in [0.2, 0.25) is 0 Å². The van der Waals surface area contributed by atoms with Gasteiger partial charge in [-0.2, -0.15) is 5.10 Å². The minimum Gasteiger partial charge on any atom is -0.376 e. The highest BCUT2D eigenvalue weighted by Crippen LogP contribution is 2.29. The lowest BCUT2D eigenvalue weighted by Crippen LogP contribution is -2.09. The first-order valence-corrected chi connectivity index (χ1v) is 7.38. The van der Waals surface area contributed by atoms with Crippen molar-refractivity contribution in [3.63, 3.8) is 0 Å². The Bertz CT molecular complexity index is 687. The number of nitrogens with one attached hydrogen (secondary N) is 1. The molecular weight excluding hydrogens is 268 g/mol. The van der Waals surface area contributed by atoms with Gasteiger partial charge in [0.15, 0.2) is 0 Å². The Balaban J connectivity index is 1.90. The molecule has 1 unspecified atom stereocenters. The van der Waals surface area contributed by atoms with Gasteiger partial charge in [0.05, 0.1) is 17.4 Å². The van der Waals surface area contributed by atoms with Gasteiger partial charge in [0, 0.05) is 4.88 Å². The monoisotopic (exact) mass is 284 g/mol. The summed E-state index contributed by atoms with van der Waals surface area (Å²) in [6, 6.07) is 10.5. The van der Waals surface area contributed by atoms with Gasteiger partial charge in [-0.15, -0.1) is 11.3 Å². The van der Waals surface area contributed by atoms with Crippen molar-refractivity contribution in [3.05, 3.63) is 58.8 Å². The number of benzene rings is 1. The van der Waals surface area contributed by atoms with Gasteiger partial charge in [0.25, 0.3) is 0 Å². The van der Waals surface area contributed by atoms with E-state index in [1.165, 1.54) is 10.4 Å². The minimum absolute atomic E-state index is 0.264. The molecule has 5 heteroatoms. The zero-order chi connectivity index (χ0) is 13.9. The highest BCUT2D eigenvalue weighted by Gasteiger charge is 2.12. The smallest absolute Gasteiger partial charge is 0.138 e. The molecule has 0 spiro atoms. The molecule has 0 fully saturated rings. The molecule has 0 saturated carbocycles. The maximum absolute atomic E-state index is 4.20. The van der Waals surface area contributed by atoms with Gasteiger partial charge < -0.3 is 5.32 Å². The largest absolute Gasteiger partial charge is 0.376 e. The van der Waals surface area contributed by atoms with E-state index in [0.29, 0.717) is 0 Å². The van der Waals surface area contributed by atoms with Gasteiger partial charge in [-0.05, 0) is 43.0 Å². The molecule has 0 aliphatic rings.